The first kappa shape index (κ1) is 22.9. The van der Waals surface area contributed by atoms with E-state index in [2.05, 4.69) is 19.2 Å². The highest BCUT2D eigenvalue weighted by Crippen LogP contribution is 2.26. The zero-order valence-electron chi connectivity index (χ0n) is 17.6. The Bertz CT molecular complexity index is 1060. The van der Waals surface area contributed by atoms with Crippen molar-refractivity contribution in [3.05, 3.63) is 64.2 Å². The Morgan fingerprint density at radius 1 is 1.13 bits per heavy atom. The van der Waals surface area contributed by atoms with Gasteiger partial charge in [0.25, 0.3) is 11.6 Å². The summed E-state index contributed by atoms with van der Waals surface area (Å²) in [7, 11) is -3.98. The molecule has 0 bridgehead atoms. The Morgan fingerprint density at radius 3 is 2.39 bits per heavy atom. The second-order valence-electron chi connectivity index (χ2n) is 7.85. The summed E-state index contributed by atoms with van der Waals surface area (Å²) < 4.78 is 27.1. The van der Waals surface area contributed by atoms with Gasteiger partial charge >= 0.3 is 0 Å². The summed E-state index contributed by atoms with van der Waals surface area (Å²) in [6.45, 7) is 5.63. The molecule has 2 aromatic carbocycles. The number of carbonyl (C=O) groups is 1. The molecule has 0 spiro atoms. The van der Waals surface area contributed by atoms with Crippen LogP contribution in [0.2, 0.25) is 0 Å². The van der Waals surface area contributed by atoms with Gasteiger partial charge in [-0.2, -0.15) is 4.31 Å². The maximum absolute atomic E-state index is 12.9. The molecule has 166 valence electrons. The van der Waals surface area contributed by atoms with Gasteiger partial charge in [-0.15, -0.1) is 0 Å². The number of nitrogens with one attached hydrogen (secondary N) is 2. The average molecular weight is 448 g/mol. The first-order valence-electron chi connectivity index (χ1n) is 10.2. The molecule has 0 radical (unpaired) electrons. The van der Waals surface area contributed by atoms with Crippen molar-refractivity contribution in [2.75, 3.05) is 38.0 Å². The third kappa shape index (κ3) is 5.27. The molecule has 0 unspecified atom stereocenters. The lowest BCUT2D eigenvalue weighted by Gasteiger charge is -2.31. The molecule has 2 aromatic rings. The number of benzene rings is 2. The molecule has 0 aliphatic carbocycles. The topological polar surface area (TPSA) is 114 Å². The molecule has 3 rings (SSSR count). The van der Waals surface area contributed by atoms with Gasteiger partial charge in [0.15, 0.2) is 11.4 Å². The third-order valence-corrected chi connectivity index (χ3v) is 7.32. The number of sulfonamides is 1. The number of hydrogen-bond donors (Lipinski definition) is 2. The first-order chi connectivity index (χ1) is 14.7. The molecule has 1 aliphatic rings. The van der Waals surface area contributed by atoms with Gasteiger partial charge in [0, 0.05) is 11.8 Å². The highest BCUT2D eigenvalue weighted by Gasteiger charge is 2.35. The normalized spacial score (nSPS) is 15.7. The lowest BCUT2D eigenvalue weighted by atomic mass is 10.0. The fourth-order valence-corrected chi connectivity index (χ4v) is 5.32. The monoisotopic (exact) mass is 447 g/mol. The van der Waals surface area contributed by atoms with Crippen molar-refractivity contribution in [1.29, 1.82) is 0 Å². The number of nitrogens with zero attached hydrogens (tertiary/aromatic N) is 2. The molecule has 10 heteroatoms. The maximum Gasteiger partial charge on any atom is 0.289 e. The largest absolute Gasteiger partial charge is 0.325 e. The van der Waals surface area contributed by atoms with Gasteiger partial charge in [-0.05, 0) is 23.6 Å². The van der Waals surface area contributed by atoms with Gasteiger partial charge < -0.3 is 10.2 Å². The lowest BCUT2D eigenvalue weighted by molar-refractivity contribution is -0.895. The Kier molecular flexibility index (Phi) is 7.04. The highest BCUT2D eigenvalue weighted by molar-refractivity contribution is 7.89. The van der Waals surface area contributed by atoms with Crippen molar-refractivity contribution < 1.29 is 23.0 Å². The quantitative estimate of drug-likeness (QED) is 0.490. The molecule has 1 amide bonds. The highest BCUT2D eigenvalue weighted by atomic mass is 32.2. The Morgan fingerprint density at radius 2 is 1.74 bits per heavy atom. The van der Waals surface area contributed by atoms with Crippen LogP contribution in [-0.4, -0.2) is 56.3 Å². The van der Waals surface area contributed by atoms with Crippen molar-refractivity contribution in [3.63, 3.8) is 0 Å². The molecule has 0 aromatic heterocycles. The molecule has 0 saturated carbocycles. The summed E-state index contributed by atoms with van der Waals surface area (Å²) >= 11 is 0. The second-order valence-corrected chi connectivity index (χ2v) is 9.75. The lowest BCUT2D eigenvalue weighted by Crippen LogP contribution is -3.15. The summed E-state index contributed by atoms with van der Waals surface area (Å²) in [6.07, 6.45) is 0. The SMILES string of the molecule is CC(C)c1ccccc1NC(=O)C[NH+]1CCN(S(=O)(=O)c2ccccc2[N+](=O)[O-])CC1. The van der Waals surface area contributed by atoms with E-state index < -0.39 is 20.6 Å². The van der Waals surface area contributed by atoms with Gasteiger partial charge in [0.2, 0.25) is 10.0 Å². The van der Waals surface area contributed by atoms with E-state index in [1.165, 1.54) is 28.6 Å². The Hall–Kier alpha value is -2.82. The van der Waals surface area contributed by atoms with Crippen LogP contribution in [-0.2, 0) is 14.8 Å². The standard InChI is InChI=1S/C21H26N4O5S/c1-16(2)17-7-3-4-8-18(17)22-21(26)15-23-11-13-24(14-12-23)31(29,30)20-10-6-5-9-19(20)25(27)28/h3-10,16H,11-15H2,1-2H3,(H,22,26)/p+1. The van der Waals surface area contributed by atoms with Crippen LogP contribution in [0.15, 0.2) is 53.4 Å². The molecular formula is C21H27N4O5S+. The second kappa shape index (κ2) is 9.54. The van der Waals surface area contributed by atoms with Crippen molar-refractivity contribution in [2.45, 2.75) is 24.7 Å². The number of piperazine rings is 1. The summed E-state index contributed by atoms with van der Waals surface area (Å²) in [5.41, 5.74) is 1.42. The van der Waals surface area contributed by atoms with E-state index in [4.69, 9.17) is 0 Å². The summed E-state index contributed by atoms with van der Waals surface area (Å²) in [6, 6.07) is 13.0. The number of hydrogen-bond acceptors (Lipinski definition) is 5. The zero-order valence-corrected chi connectivity index (χ0v) is 18.4. The van der Waals surface area contributed by atoms with Crippen LogP contribution in [0.1, 0.15) is 25.3 Å². The molecular weight excluding hydrogens is 420 g/mol. The van der Waals surface area contributed by atoms with Crippen LogP contribution in [0.3, 0.4) is 0 Å². The average Bonchev–Trinajstić information content (AvgIpc) is 2.74. The summed E-state index contributed by atoms with van der Waals surface area (Å²) in [5, 5.41) is 14.2. The Labute approximate surface area is 181 Å². The van der Waals surface area contributed by atoms with E-state index in [9.17, 15) is 23.3 Å². The number of carbonyl (C=O) groups excluding carboxylic acids is 1. The summed E-state index contributed by atoms with van der Waals surface area (Å²) in [4.78, 5) is 23.7. The number of anilines is 1. The number of rotatable bonds is 7. The van der Waals surface area contributed by atoms with Crippen molar-refractivity contribution in [3.8, 4) is 0 Å². The smallest absolute Gasteiger partial charge is 0.289 e. The molecule has 0 atom stereocenters. The molecule has 2 N–H and O–H groups in total. The van der Waals surface area contributed by atoms with Crippen molar-refractivity contribution in [1.82, 2.24) is 4.31 Å². The minimum absolute atomic E-state index is 0.127. The van der Waals surface area contributed by atoms with E-state index in [0.29, 0.717) is 13.1 Å². The van der Waals surface area contributed by atoms with E-state index in [-0.39, 0.29) is 36.4 Å². The molecule has 1 aliphatic heterocycles. The minimum Gasteiger partial charge on any atom is -0.325 e. The number of nitro benzene ring substituents is 1. The van der Waals surface area contributed by atoms with E-state index >= 15 is 0 Å². The summed E-state index contributed by atoms with van der Waals surface area (Å²) in [5.74, 6) is 0.151. The van der Waals surface area contributed by atoms with Crippen LogP contribution in [0.25, 0.3) is 0 Å². The molecule has 1 heterocycles. The van der Waals surface area contributed by atoms with Crippen LogP contribution in [0.5, 0.6) is 0 Å². The van der Waals surface area contributed by atoms with E-state index in [1.807, 2.05) is 24.3 Å². The van der Waals surface area contributed by atoms with Crippen molar-refractivity contribution in [2.24, 2.45) is 0 Å². The van der Waals surface area contributed by atoms with E-state index in [0.717, 1.165) is 16.2 Å². The zero-order chi connectivity index (χ0) is 22.6. The minimum atomic E-state index is -3.98. The molecule has 1 fully saturated rings. The van der Waals surface area contributed by atoms with Gasteiger partial charge in [0.05, 0.1) is 31.1 Å². The van der Waals surface area contributed by atoms with Gasteiger partial charge in [0.1, 0.15) is 0 Å². The van der Waals surface area contributed by atoms with Crippen LogP contribution in [0, 0.1) is 10.1 Å². The number of quaternary nitrogens is 1. The number of amides is 1. The fourth-order valence-electron chi connectivity index (χ4n) is 3.72. The van der Waals surface area contributed by atoms with Gasteiger partial charge in [-0.3, -0.25) is 14.9 Å². The van der Waals surface area contributed by atoms with Crippen LogP contribution in [0.4, 0.5) is 11.4 Å². The van der Waals surface area contributed by atoms with E-state index in [1.54, 1.807) is 0 Å². The fraction of sp³-hybridized carbons (Fsp3) is 0.381. The Balaban J connectivity index is 1.61. The first-order valence-corrected chi connectivity index (χ1v) is 11.6. The van der Waals surface area contributed by atoms with Crippen molar-refractivity contribution >= 4 is 27.3 Å². The van der Waals surface area contributed by atoms with Crippen LogP contribution < -0.4 is 10.2 Å². The van der Waals surface area contributed by atoms with Gasteiger partial charge in [-0.1, -0.05) is 44.2 Å². The predicted octanol–water partition coefficient (Wildman–Crippen LogP) is 1.25. The molecule has 31 heavy (non-hydrogen) atoms. The molecule has 1 saturated heterocycles. The molecule has 9 nitrogen and oxygen atoms in total. The van der Waals surface area contributed by atoms with Crippen LogP contribution >= 0.6 is 0 Å². The number of nitro groups is 1. The predicted molar refractivity (Wildman–Crippen MR) is 117 cm³/mol. The number of para-hydroxylation sites is 2. The third-order valence-electron chi connectivity index (χ3n) is 5.38. The maximum atomic E-state index is 12.9. The van der Waals surface area contributed by atoms with Gasteiger partial charge in [-0.25, -0.2) is 8.42 Å².